The molecule has 0 saturated carbocycles. The maximum Gasteiger partial charge on any atom is 0.230 e. The Hall–Kier alpha value is -2.20. The van der Waals surface area contributed by atoms with Gasteiger partial charge in [0.2, 0.25) is 5.88 Å². The topological polar surface area (TPSA) is 65.2 Å². The van der Waals surface area contributed by atoms with Crippen LogP contribution in [0.3, 0.4) is 0 Å². The molecule has 0 aliphatic carbocycles. The molecule has 0 aliphatic rings. The third kappa shape index (κ3) is 2.08. The molecule has 3 rings (SSSR count). The van der Waals surface area contributed by atoms with Crippen molar-refractivity contribution < 1.29 is 8.94 Å². The van der Waals surface area contributed by atoms with Crippen LogP contribution in [0, 0.1) is 13.8 Å². The van der Waals surface area contributed by atoms with E-state index in [1.165, 1.54) is 0 Å². The van der Waals surface area contributed by atoms with Crippen LogP contribution < -0.4 is 5.73 Å². The molecule has 102 valence electrons. The molecule has 1 aromatic carbocycles. The van der Waals surface area contributed by atoms with Crippen LogP contribution in [0.15, 0.2) is 39.3 Å². The predicted octanol–water partition coefficient (Wildman–Crippen LogP) is 4.45. The number of nitrogens with zero attached hydrogens (tertiary/aromatic N) is 1. The van der Waals surface area contributed by atoms with E-state index in [0.29, 0.717) is 10.7 Å². The minimum atomic E-state index is 0.264. The summed E-state index contributed by atoms with van der Waals surface area (Å²) >= 11 is 6.04. The molecule has 2 N–H and O–H groups in total. The van der Waals surface area contributed by atoms with E-state index in [2.05, 4.69) is 5.16 Å². The number of furan rings is 1. The molecule has 5 heteroatoms. The number of aromatic nitrogens is 1. The van der Waals surface area contributed by atoms with Crippen molar-refractivity contribution in [3.8, 4) is 22.4 Å². The van der Waals surface area contributed by atoms with Crippen molar-refractivity contribution in [2.45, 2.75) is 13.8 Å². The van der Waals surface area contributed by atoms with Crippen LogP contribution in [0.5, 0.6) is 0 Å². The molecule has 3 aromatic rings. The highest BCUT2D eigenvalue weighted by Gasteiger charge is 2.21. The normalized spacial score (nSPS) is 10.9. The Labute approximate surface area is 121 Å². The van der Waals surface area contributed by atoms with Gasteiger partial charge in [-0.25, -0.2) is 0 Å². The maximum absolute atomic E-state index is 6.04. The molecule has 20 heavy (non-hydrogen) atoms. The summed E-state index contributed by atoms with van der Waals surface area (Å²) in [5, 5.41) is 4.70. The number of benzene rings is 1. The molecule has 0 atom stereocenters. The fourth-order valence-corrected chi connectivity index (χ4v) is 2.47. The van der Waals surface area contributed by atoms with Gasteiger partial charge in [0.1, 0.15) is 17.2 Å². The van der Waals surface area contributed by atoms with Crippen molar-refractivity contribution in [3.63, 3.8) is 0 Å². The lowest BCUT2D eigenvalue weighted by Crippen LogP contribution is -1.88. The van der Waals surface area contributed by atoms with Gasteiger partial charge in [0.25, 0.3) is 0 Å². The van der Waals surface area contributed by atoms with Gasteiger partial charge >= 0.3 is 0 Å². The van der Waals surface area contributed by atoms with Gasteiger partial charge in [0.05, 0.1) is 5.56 Å². The summed E-state index contributed by atoms with van der Waals surface area (Å²) in [7, 11) is 0. The van der Waals surface area contributed by atoms with E-state index in [4.69, 9.17) is 26.3 Å². The van der Waals surface area contributed by atoms with Gasteiger partial charge in [0.15, 0.2) is 0 Å². The summed E-state index contributed by atoms with van der Waals surface area (Å²) in [5.74, 6) is 1.86. The van der Waals surface area contributed by atoms with Crippen molar-refractivity contribution >= 4 is 17.5 Å². The second-order valence-electron chi connectivity index (χ2n) is 4.61. The number of rotatable bonds is 2. The van der Waals surface area contributed by atoms with Crippen LogP contribution >= 0.6 is 11.6 Å². The van der Waals surface area contributed by atoms with Crippen LogP contribution in [0.4, 0.5) is 5.88 Å². The van der Waals surface area contributed by atoms with Gasteiger partial charge in [-0.1, -0.05) is 28.9 Å². The van der Waals surface area contributed by atoms with E-state index in [0.717, 1.165) is 28.2 Å². The number of hydrogen-bond acceptors (Lipinski definition) is 4. The van der Waals surface area contributed by atoms with Crippen molar-refractivity contribution in [1.29, 1.82) is 0 Å². The van der Waals surface area contributed by atoms with Gasteiger partial charge < -0.3 is 14.7 Å². The molecule has 0 spiro atoms. The Bertz CT molecular complexity index is 774. The quantitative estimate of drug-likeness (QED) is 0.756. The average Bonchev–Trinajstić information content (AvgIpc) is 2.92. The third-order valence-corrected chi connectivity index (χ3v) is 3.36. The monoisotopic (exact) mass is 288 g/mol. The molecule has 2 heterocycles. The van der Waals surface area contributed by atoms with Crippen LogP contribution in [0.2, 0.25) is 5.02 Å². The average molecular weight is 289 g/mol. The minimum absolute atomic E-state index is 0.264. The molecule has 0 fully saturated rings. The van der Waals surface area contributed by atoms with Crippen LogP contribution in [0.1, 0.15) is 11.5 Å². The van der Waals surface area contributed by atoms with Crippen LogP contribution in [-0.4, -0.2) is 5.16 Å². The number of nitrogens with two attached hydrogens (primary N) is 1. The zero-order valence-corrected chi connectivity index (χ0v) is 11.9. The Morgan fingerprint density at radius 1 is 1.20 bits per heavy atom. The lowest BCUT2D eigenvalue weighted by molar-refractivity contribution is 0.439. The Kier molecular flexibility index (Phi) is 3.03. The maximum atomic E-state index is 6.04. The van der Waals surface area contributed by atoms with Crippen LogP contribution in [0.25, 0.3) is 22.4 Å². The van der Waals surface area contributed by atoms with E-state index in [-0.39, 0.29) is 5.88 Å². The Morgan fingerprint density at radius 2 is 2.00 bits per heavy atom. The van der Waals surface area contributed by atoms with E-state index in [1.54, 1.807) is 0 Å². The fourth-order valence-electron chi connectivity index (χ4n) is 2.28. The van der Waals surface area contributed by atoms with Gasteiger partial charge in [-0.3, -0.25) is 0 Å². The molecule has 0 saturated heterocycles. The highest BCUT2D eigenvalue weighted by Crippen LogP contribution is 2.38. The van der Waals surface area contributed by atoms with Gasteiger partial charge in [-0.15, -0.1) is 0 Å². The summed E-state index contributed by atoms with van der Waals surface area (Å²) in [6.07, 6.45) is 0. The second-order valence-corrected chi connectivity index (χ2v) is 5.04. The summed E-state index contributed by atoms with van der Waals surface area (Å²) in [5.41, 5.74) is 9.05. The highest BCUT2D eigenvalue weighted by atomic mass is 35.5. The van der Waals surface area contributed by atoms with Crippen molar-refractivity contribution in [1.82, 2.24) is 5.16 Å². The van der Waals surface area contributed by atoms with Gasteiger partial charge in [-0.2, -0.15) is 0 Å². The van der Waals surface area contributed by atoms with Crippen molar-refractivity contribution in [3.05, 3.63) is 46.9 Å². The first-order chi connectivity index (χ1) is 9.56. The molecule has 0 amide bonds. The molecule has 0 radical (unpaired) electrons. The van der Waals surface area contributed by atoms with Crippen molar-refractivity contribution in [2.24, 2.45) is 0 Å². The van der Waals surface area contributed by atoms with Gasteiger partial charge in [0, 0.05) is 10.6 Å². The molecule has 0 unspecified atom stereocenters. The third-order valence-electron chi connectivity index (χ3n) is 3.13. The number of anilines is 1. The fraction of sp³-hybridized carbons (Fsp3) is 0.133. The standard InChI is InChI=1S/C15H13ClN2O2/c1-8-6-12(9(2)19-8)14-13(15(17)20-18-14)10-4-3-5-11(16)7-10/h3-7H,17H2,1-2H3. The largest absolute Gasteiger partial charge is 0.466 e. The molecule has 0 bridgehead atoms. The van der Waals surface area contributed by atoms with Crippen LogP contribution in [-0.2, 0) is 0 Å². The predicted molar refractivity (Wildman–Crippen MR) is 78.5 cm³/mol. The molecule has 4 nitrogen and oxygen atoms in total. The zero-order chi connectivity index (χ0) is 14.3. The number of aryl methyl sites for hydroxylation is 2. The molecule has 0 aliphatic heterocycles. The first-order valence-electron chi connectivity index (χ1n) is 6.14. The summed E-state index contributed by atoms with van der Waals surface area (Å²) < 4.78 is 10.7. The van der Waals surface area contributed by atoms with Crippen molar-refractivity contribution in [2.75, 3.05) is 5.73 Å². The Morgan fingerprint density at radius 3 is 2.65 bits per heavy atom. The lowest BCUT2D eigenvalue weighted by Gasteiger charge is -2.02. The number of hydrogen-bond donors (Lipinski definition) is 1. The molecule has 2 aromatic heterocycles. The summed E-state index contributed by atoms with van der Waals surface area (Å²) in [6.45, 7) is 3.77. The highest BCUT2D eigenvalue weighted by molar-refractivity contribution is 6.30. The lowest BCUT2D eigenvalue weighted by atomic mass is 10.0. The zero-order valence-electron chi connectivity index (χ0n) is 11.1. The van der Waals surface area contributed by atoms with E-state index >= 15 is 0 Å². The number of halogens is 1. The first kappa shape index (κ1) is 12.8. The summed E-state index contributed by atoms with van der Waals surface area (Å²) in [4.78, 5) is 0. The molecular formula is C15H13ClN2O2. The second kappa shape index (κ2) is 4.72. The minimum Gasteiger partial charge on any atom is -0.466 e. The summed E-state index contributed by atoms with van der Waals surface area (Å²) in [6, 6.07) is 9.33. The first-order valence-corrected chi connectivity index (χ1v) is 6.52. The SMILES string of the molecule is Cc1cc(-c2noc(N)c2-c2cccc(Cl)c2)c(C)o1. The number of nitrogen functional groups attached to an aromatic ring is 1. The van der Waals surface area contributed by atoms with E-state index in [1.807, 2.05) is 44.2 Å². The van der Waals surface area contributed by atoms with Gasteiger partial charge in [-0.05, 0) is 37.6 Å². The van der Waals surface area contributed by atoms with E-state index in [9.17, 15) is 0 Å². The van der Waals surface area contributed by atoms with E-state index < -0.39 is 0 Å². The molecular weight excluding hydrogens is 276 g/mol. The smallest absolute Gasteiger partial charge is 0.230 e. The Balaban J connectivity index is 2.22.